The lowest BCUT2D eigenvalue weighted by Crippen LogP contribution is -2.42. The molecule has 19 heavy (non-hydrogen) atoms. The van der Waals surface area contributed by atoms with E-state index in [-0.39, 0.29) is 0 Å². The van der Waals surface area contributed by atoms with Crippen LogP contribution in [0.25, 0.3) is 5.57 Å². The summed E-state index contributed by atoms with van der Waals surface area (Å²) in [4.78, 5) is 0. The molecule has 0 N–H and O–H groups in total. The maximum absolute atomic E-state index is 2.60. The predicted molar refractivity (Wildman–Crippen MR) is 80.9 cm³/mol. The molecule has 0 nitrogen and oxygen atoms in total. The van der Waals surface area contributed by atoms with Gasteiger partial charge in [-0.15, -0.1) is 0 Å². The molecule has 4 rings (SSSR count). The Morgan fingerprint density at radius 1 is 1.11 bits per heavy atom. The van der Waals surface area contributed by atoms with Gasteiger partial charge < -0.3 is 0 Å². The Balaban J connectivity index is 1.80. The third-order valence-electron chi connectivity index (χ3n) is 6.28. The van der Waals surface area contributed by atoms with Crippen molar-refractivity contribution in [3.8, 4) is 0 Å². The molecule has 0 spiro atoms. The van der Waals surface area contributed by atoms with E-state index in [9.17, 15) is 0 Å². The van der Waals surface area contributed by atoms with Crippen molar-refractivity contribution >= 4 is 5.57 Å². The molecule has 0 aromatic heterocycles. The van der Waals surface area contributed by atoms with Crippen LogP contribution in [0.3, 0.4) is 0 Å². The van der Waals surface area contributed by atoms with Gasteiger partial charge in [0, 0.05) is 0 Å². The van der Waals surface area contributed by atoms with E-state index in [0.717, 1.165) is 11.8 Å². The first kappa shape index (κ1) is 11.8. The van der Waals surface area contributed by atoms with Gasteiger partial charge >= 0.3 is 0 Å². The first-order valence-electron chi connectivity index (χ1n) is 8.07. The third-order valence-corrected chi connectivity index (χ3v) is 6.28. The molecule has 0 saturated heterocycles. The van der Waals surface area contributed by atoms with Crippen LogP contribution in [0.5, 0.6) is 0 Å². The fourth-order valence-electron chi connectivity index (χ4n) is 5.15. The minimum Gasteiger partial charge on any atom is -0.0801 e. The van der Waals surface area contributed by atoms with Gasteiger partial charge in [0.1, 0.15) is 0 Å². The minimum atomic E-state index is 0.593. The summed E-state index contributed by atoms with van der Waals surface area (Å²) >= 11 is 0. The molecule has 1 fully saturated rings. The number of rotatable bonds is 0. The quantitative estimate of drug-likeness (QED) is 0.593. The summed E-state index contributed by atoms with van der Waals surface area (Å²) in [6.07, 6.45) is 12.5. The Labute approximate surface area is 116 Å². The van der Waals surface area contributed by atoms with E-state index >= 15 is 0 Å². The molecular weight excluding hydrogens is 228 g/mol. The molecule has 1 saturated carbocycles. The Bertz CT molecular complexity index is 525. The summed E-state index contributed by atoms with van der Waals surface area (Å²) in [6.45, 7) is 2.60. The summed E-state index contributed by atoms with van der Waals surface area (Å²) < 4.78 is 0. The second-order valence-corrected chi connectivity index (χ2v) is 7.09. The molecule has 3 aliphatic carbocycles. The van der Waals surface area contributed by atoms with Gasteiger partial charge in [0.25, 0.3) is 0 Å². The van der Waals surface area contributed by atoms with Gasteiger partial charge in [-0.3, -0.25) is 0 Å². The van der Waals surface area contributed by atoms with Gasteiger partial charge in [0.05, 0.1) is 0 Å². The maximum atomic E-state index is 2.60. The zero-order valence-corrected chi connectivity index (χ0v) is 12.0. The molecule has 1 aromatic rings. The molecule has 0 amide bonds. The van der Waals surface area contributed by atoms with Crippen LogP contribution in [0.1, 0.15) is 56.6 Å². The lowest BCUT2D eigenvalue weighted by molar-refractivity contribution is 0.0586. The van der Waals surface area contributed by atoms with E-state index in [4.69, 9.17) is 0 Å². The normalized spacial score (nSPS) is 36.8. The fraction of sp³-hybridized carbons (Fsp3) is 0.579. The first-order valence-corrected chi connectivity index (χ1v) is 8.07. The van der Waals surface area contributed by atoms with Gasteiger partial charge in [0.15, 0.2) is 0 Å². The highest BCUT2D eigenvalue weighted by Crippen LogP contribution is 2.58. The van der Waals surface area contributed by atoms with Crippen molar-refractivity contribution in [1.29, 1.82) is 0 Å². The van der Waals surface area contributed by atoms with Crippen molar-refractivity contribution in [2.45, 2.75) is 51.9 Å². The Morgan fingerprint density at radius 2 is 2.00 bits per heavy atom. The largest absolute Gasteiger partial charge is 0.0801 e. The second-order valence-electron chi connectivity index (χ2n) is 7.09. The monoisotopic (exact) mass is 252 g/mol. The molecule has 0 bridgehead atoms. The van der Waals surface area contributed by atoms with Crippen molar-refractivity contribution in [2.24, 2.45) is 17.3 Å². The highest BCUT2D eigenvalue weighted by molar-refractivity contribution is 5.73. The summed E-state index contributed by atoms with van der Waals surface area (Å²) in [5.74, 6) is 1.79. The Kier molecular flexibility index (Phi) is 2.62. The summed E-state index contributed by atoms with van der Waals surface area (Å²) in [5, 5.41) is 0. The number of allylic oxidation sites excluding steroid dienone is 2. The van der Waals surface area contributed by atoms with Gasteiger partial charge in [-0.05, 0) is 66.1 Å². The van der Waals surface area contributed by atoms with E-state index in [0.29, 0.717) is 5.41 Å². The fourth-order valence-corrected chi connectivity index (χ4v) is 5.15. The molecule has 0 heterocycles. The molecular formula is C19H24. The number of benzene rings is 1. The van der Waals surface area contributed by atoms with Crippen LogP contribution in [-0.2, 0) is 6.42 Å². The van der Waals surface area contributed by atoms with Crippen LogP contribution in [0.2, 0.25) is 0 Å². The number of aryl methyl sites for hydroxylation is 1. The predicted octanol–water partition coefficient (Wildman–Crippen LogP) is 5.23. The minimum absolute atomic E-state index is 0.593. The average molecular weight is 252 g/mol. The Hall–Kier alpha value is -1.04. The van der Waals surface area contributed by atoms with Crippen molar-refractivity contribution in [3.05, 3.63) is 41.5 Å². The highest BCUT2D eigenvalue weighted by atomic mass is 14.5. The highest BCUT2D eigenvalue weighted by Gasteiger charge is 2.47. The van der Waals surface area contributed by atoms with E-state index in [1.807, 2.05) is 0 Å². The standard InChI is InChI=1S/C19H24/c1-19-13-5-4-7-15(19)10-11-17-16-8-3-2-6-14(16)9-12-18(17)19/h2-3,6,8,11,15,18H,4-5,7,9-10,12-13H2,1H3/t15-,18?,19+/m1/s1. The number of fused-ring (bicyclic) bond motifs is 5. The van der Waals surface area contributed by atoms with Crippen molar-refractivity contribution in [2.75, 3.05) is 0 Å². The summed E-state index contributed by atoms with van der Waals surface area (Å²) in [6, 6.07) is 9.12. The number of hydrogen-bond donors (Lipinski definition) is 0. The third kappa shape index (κ3) is 1.65. The lowest BCUT2D eigenvalue weighted by atomic mass is 9.52. The second kappa shape index (κ2) is 4.23. The van der Waals surface area contributed by atoms with Crippen LogP contribution in [0.15, 0.2) is 30.3 Å². The van der Waals surface area contributed by atoms with Crippen molar-refractivity contribution in [1.82, 2.24) is 0 Å². The molecule has 0 heteroatoms. The molecule has 0 aliphatic heterocycles. The van der Waals surface area contributed by atoms with Crippen LogP contribution in [0.4, 0.5) is 0 Å². The zero-order valence-electron chi connectivity index (χ0n) is 12.0. The Morgan fingerprint density at radius 3 is 2.95 bits per heavy atom. The van der Waals surface area contributed by atoms with E-state index in [1.165, 1.54) is 44.9 Å². The molecule has 100 valence electrons. The summed E-state index contributed by atoms with van der Waals surface area (Å²) in [7, 11) is 0. The van der Waals surface area contributed by atoms with E-state index in [1.54, 1.807) is 16.7 Å². The van der Waals surface area contributed by atoms with E-state index in [2.05, 4.69) is 37.3 Å². The average Bonchev–Trinajstić information content (AvgIpc) is 2.46. The van der Waals surface area contributed by atoms with Gasteiger partial charge in [0.2, 0.25) is 0 Å². The zero-order chi connectivity index (χ0) is 12.9. The first-order chi connectivity index (χ1) is 9.29. The molecule has 1 aromatic carbocycles. The van der Waals surface area contributed by atoms with E-state index < -0.39 is 0 Å². The van der Waals surface area contributed by atoms with Crippen LogP contribution in [-0.4, -0.2) is 0 Å². The molecule has 0 radical (unpaired) electrons. The maximum Gasteiger partial charge on any atom is -0.00992 e. The molecule has 3 atom stereocenters. The van der Waals surface area contributed by atoms with Gasteiger partial charge in [-0.2, -0.15) is 0 Å². The summed E-state index contributed by atoms with van der Waals surface area (Å²) in [5.41, 5.74) is 5.45. The van der Waals surface area contributed by atoms with Gasteiger partial charge in [-0.25, -0.2) is 0 Å². The van der Waals surface area contributed by atoms with Crippen LogP contribution in [0, 0.1) is 17.3 Å². The number of hydrogen-bond acceptors (Lipinski definition) is 0. The lowest BCUT2D eigenvalue weighted by Gasteiger charge is -2.52. The topological polar surface area (TPSA) is 0 Å². The van der Waals surface area contributed by atoms with Crippen molar-refractivity contribution < 1.29 is 0 Å². The van der Waals surface area contributed by atoms with Gasteiger partial charge in [-0.1, -0.05) is 50.1 Å². The molecule has 1 unspecified atom stereocenters. The van der Waals surface area contributed by atoms with Crippen LogP contribution >= 0.6 is 0 Å². The van der Waals surface area contributed by atoms with Crippen molar-refractivity contribution in [3.63, 3.8) is 0 Å². The van der Waals surface area contributed by atoms with Crippen LogP contribution < -0.4 is 0 Å². The molecule has 3 aliphatic rings. The SMILES string of the molecule is C[C@]12CCCC[C@@H]1CC=C1c3ccccc3CCC12. The smallest absolute Gasteiger partial charge is 0.00992 e.